The third-order valence-corrected chi connectivity index (χ3v) is 6.20. The van der Waals surface area contributed by atoms with Gasteiger partial charge in [-0.05, 0) is 42.1 Å². The van der Waals surface area contributed by atoms with Gasteiger partial charge in [-0.15, -0.1) is 11.3 Å². The van der Waals surface area contributed by atoms with E-state index in [4.69, 9.17) is 9.84 Å². The van der Waals surface area contributed by atoms with Crippen LogP contribution >= 0.6 is 11.3 Å². The first kappa shape index (κ1) is 16.9. The lowest BCUT2D eigenvalue weighted by molar-refractivity contribution is -0.137. The van der Waals surface area contributed by atoms with Gasteiger partial charge in [0.25, 0.3) is 0 Å². The highest BCUT2D eigenvalue weighted by Crippen LogP contribution is 2.31. The average Bonchev–Trinajstić information content (AvgIpc) is 3.13. The minimum Gasteiger partial charge on any atom is -0.490 e. The van der Waals surface area contributed by atoms with Crippen molar-refractivity contribution in [2.24, 2.45) is 0 Å². The summed E-state index contributed by atoms with van der Waals surface area (Å²) in [5, 5.41) is 10.8. The number of ether oxygens (including phenoxy) is 1. The third-order valence-electron chi connectivity index (χ3n) is 3.74. The number of carboxylic acid groups (broad SMARTS) is 1. The summed E-state index contributed by atoms with van der Waals surface area (Å²) in [5.74, 6) is -0.367. The Morgan fingerprint density at radius 1 is 1.46 bits per heavy atom. The standard InChI is InChI=1S/C16H17NO5S2/c1-10-7-11-8-12(4-5-14(11)22-10)24(20,21)17-13(9-16(18)19)15-3-2-6-23-15/h2-6,8,10,13,17H,7,9H2,1H3,(H,18,19). The lowest BCUT2D eigenvalue weighted by Gasteiger charge is -2.16. The summed E-state index contributed by atoms with van der Waals surface area (Å²) in [7, 11) is -3.83. The number of rotatable bonds is 6. The van der Waals surface area contributed by atoms with Gasteiger partial charge in [0.05, 0.1) is 17.4 Å². The fraction of sp³-hybridized carbons (Fsp3) is 0.312. The van der Waals surface area contributed by atoms with E-state index >= 15 is 0 Å². The van der Waals surface area contributed by atoms with Crippen LogP contribution in [0.25, 0.3) is 0 Å². The zero-order valence-electron chi connectivity index (χ0n) is 12.9. The number of sulfonamides is 1. The summed E-state index contributed by atoms with van der Waals surface area (Å²) in [6.45, 7) is 1.92. The van der Waals surface area contributed by atoms with Gasteiger partial charge in [0, 0.05) is 11.3 Å². The van der Waals surface area contributed by atoms with E-state index in [2.05, 4.69) is 4.72 Å². The first-order valence-electron chi connectivity index (χ1n) is 7.42. The van der Waals surface area contributed by atoms with Crippen LogP contribution in [0.15, 0.2) is 40.6 Å². The van der Waals surface area contributed by atoms with Crippen molar-refractivity contribution in [1.29, 1.82) is 0 Å². The molecule has 0 radical (unpaired) electrons. The number of hydrogen-bond acceptors (Lipinski definition) is 5. The fourth-order valence-electron chi connectivity index (χ4n) is 2.69. The minimum atomic E-state index is -3.83. The lowest BCUT2D eigenvalue weighted by Crippen LogP contribution is -2.29. The van der Waals surface area contributed by atoms with Crippen LogP contribution in [-0.4, -0.2) is 25.6 Å². The van der Waals surface area contributed by atoms with Gasteiger partial charge in [-0.2, -0.15) is 0 Å². The van der Waals surface area contributed by atoms with Gasteiger partial charge < -0.3 is 9.84 Å². The molecule has 0 bridgehead atoms. The van der Waals surface area contributed by atoms with Gasteiger partial charge in [0.2, 0.25) is 10.0 Å². The number of benzene rings is 1. The Morgan fingerprint density at radius 2 is 2.25 bits per heavy atom. The zero-order valence-corrected chi connectivity index (χ0v) is 14.6. The van der Waals surface area contributed by atoms with Gasteiger partial charge in [0.15, 0.2) is 0 Å². The molecule has 0 spiro atoms. The summed E-state index contributed by atoms with van der Waals surface area (Å²) < 4.78 is 33.4. The molecule has 2 N–H and O–H groups in total. The molecule has 1 aromatic carbocycles. The summed E-state index contributed by atoms with van der Waals surface area (Å²) in [5.41, 5.74) is 0.844. The van der Waals surface area contributed by atoms with Crippen LogP contribution in [0.4, 0.5) is 0 Å². The second kappa shape index (κ2) is 6.54. The predicted molar refractivity (Wildman–Crippen MR) is 89.9 cm³/mol. The summed E-state index contributed by atoms with van der Waals surface area (Å²) in [6.07, 6.45) is 0.365. The van der Waals surface area contributed by atoms with Gasteiger partial charge in [0.1, 0.15) is 11.9 Å². The Morgan fingerprint density at radius 3 is 2.92 bits per heavy atom. The molecule has 1 aliphatic rings. The molecule has 0 fully saturated rings. The second-order valence-corrected chi connectivity index (χ2v) is 8.38. The Bertz CT molecular complexity index is 845. The number of carbonyl (C=O) groups is 1. The van der Waals surface area contributed by atoms with Crippen molar-refractivity contribution >= 4 is 27.3 Å². The minimum absolute atomic E-state index is 0.0248. The van der Waals surface area contributed by atoms with E-state index in [1.807, 2.05) is 6.92 Å². The molecule has 3 rings (SSSR count). The van der Waals surface area contributed by atoms with E-state index in [9.17, 15) is 13.2 Å². The average molecular weight is 367 g/mol. The number of carboxylic acids is 1. The third kappa shape index (κ3) is 3.61. The van der Waals surface area contributed by atoms with Crippen molar-refractivity contribution in [2.45, 2.75) is 36.8 Å². The highest BCUT2D eigenvalue weighted by atomic mass is 32.2. The lowest BCUT2D eigenvalue weighted by atomic mass is 10.1. The maximum Gasteiger partial charge on any atom is 0.305 e. The van der Waals surface area contributed by atoms with Crippen molar-refractivity contribution in [3.8, 4) is 5.75 Å². The van der Waals surface area contributed by atoms with Crippen molar-refractivity contribution in [2.75, 3.05) is 0 Å². The van der Waals surface area contributed by atoms with E-state index in [0.29, 0.717) is 17.0 Å². The van der Waals surface area contributed by atoms with E-state index < -0.39 is 22.0 Å². The van der Waals surface area contributed by atoms with Crippen molar-refractivity contribution < 1.29 is 23.1 Å². The molecule has 2 aromatic rings. The molecule has 8 heteroatoms. The number of fused-ring (bicyclic) bond motifs is 1. The predicted octanol–water partition coefficient (Wildman–Crippen LogP) is 2.57. The van der Waals surface area contributed by atoms with Crippen LogP contribution in [0.2, 0.25) is 0 Å². The number of nitrogens with one attached hydrogen (secondary N) is 1. The molecule has 2 unspecified atom stereocenters. The summed E-state index contributed by atoms with van der Waals surface area (Å²) in [6, 6.07) is 7.40. The molecule has 2 atom stereocenters. The van der Waals surface area contributed by atoms with E-state index in [1.165, 1.54) is 17.4 Å². The maximum atomic E-state index is 12.7. The maximum absolute atomic E-state index is 12.7. The molecule has 0 saturated heterocycles. The highest BCUT2D eigenvalue weighted by molar-refractivity contribution is 7.89. The van der Waals surface area contributed by atoms with Crippen molar-refractivity contribution in [3.05, 3.63) is 46.2 Å². The summed E-state index contributed by atoms with van der Waals surface area (Å²) in [4.78, 5) is 11.9. The summed E-state index contributed by atoms with van der Waals surface area (Å²) >= 11 is 1.32. The number of hydrogen-bond donors (Lipinski definition) is 2. The number of thiophene rings is 1. The normalized spacial score (nSPS) is 18.0. The Labute approximate surface area is 144 Å². The molecule has 0 aliphatic carbocycles. The van der Waals surface area contributed by atoms with E-state index in [1.54, 1.807) is 29.6 Å². The molecule has 1 aliphatic heterocycles. The van der Waals surface area contributed by atoms with Gasteiger partial charge in [-0.3, -0.25) is 4.79 Å². The van der Waals surface area contributed by atoms with Crippen LogP contribution in [0, 0.1) is 0 Å². The van der Waals surface area contributed by atoms with Crippen LogP contribution in [0.3, 0.4) is 0 Å². The first-order chi connectivity index (χ1) is 11.3. The molecule has 128 valence electrons. The Kier molecular flexibility index (Phi) is 4.62. The monoisotopic (exact) mass is 367 g/mol. The largest absolute Gasteiger partial charge is 0.490 e. The smallest absolute Gasteiger partial charge is 0.305 e. The van der Waals surface area contributed by atoms with Gasteiger partial charge >= 0.3 is 5.97 Å². The first-order valence-corrected chi connectivity index (χ1v) is 9.78. The molecule has 2 heterocycles. The topological polar surface area (TPSA) is 92.7 Å². The van der Waals surface area contributed by atoms with Crippen LogP contribution < -0.4 is 9.46 Å². The Balaban J connectivity index is 1.87. The van der Waals surface area contributed by atoms with Crippen LogP contribution in [-0.2, 0) is 21.2 Å². The van der Waals surface area contributed by atoms with E-state index in [0.717, 1.165) is 5.56 Å². The van der Waals surface area contributed by atoms with Crippen molar-refractivity contribution in [1.82, 2.24) is 4.72 Å². The Hall–Kier alpha value is -1.90. The molecule has 6 nitrogen and oxygen atoms in total. The molecular weight excluding hydrogens is 350 g/mol. The van der Waals surface area contributed by atoms with Gasteiger partial charge in [-0.1, -0.05) is 6.07 Å². The van der Waals surface area contributed by atoms with Crippen molar-refractivity contribution in [3.63, 3.8) is 0 Å². The molecule has 0 amide bonds. The molecular formula is C16H17NO5S2. The molecule has 24 heavy (non-hydrogen) atoms. The second-order valence-electron chi connectivity index (χ2n) is 5.69. The highest BCUT2D eigenvalue weighted by Gasteiger charge is 2.27. The van der Waals surface area contributed by atoms with Gasteiger partial charge in [-0.25, -0.2) is 13.1 Å². The van der Waals surface area contributed by atoms with Crippen LogP contribution in [0.5, 0.6) is 5.75 Å². The van der Waals surface area contributed by atoms with E-state index in [-0.39, 0.29) is 17.4 Å². The zero-order chi connectivity index (χ0) is 17.3. The molecule has 1 aromatic heterocycles. The molecule has 0 saturated carbocycles. The van der Waals surface area contributed by atoms with Crippen LogP contribution in [0.1, 0.15) is 29.8 Å². The fourth-order valence-corrected chi connectivity index (χ4v) is 4.80. The quantitative estimate of drug-likeness (QED) is 0.819. The SMILES string of the molecule is CC1Cc2cc(S(=O)(=O)NC(CC(=O)O)c3cccs3)ccc2O1. The number of aliphatic carboxylic acids is 1.